The van der Waals surface area contributed by atoms with Crippen molar-refractivity contribution in [1.82, 2.24) is 5.32 Å². The van der Waals surface area contributed by atoms with Crippen molar-refractivity contribution >= 4 is 23.2 Å². The molecule has 0 radical (unpaired) electrons. The van der Waals surface area contributed by atoms with E-state index in [1.165, 1.54) is 0 Å². The Morgan fingerprint density at radius 3 is 2.88 bits per heavy atom. The molecule has 1 aliphatic heterocycles. The third-order valence-corrected chi connectivity index (χ3v) is 3.41. The third-order valence-electron chi connectivity index (χ3n) is 2.62. The van der Waals surface area contributed by atoms with Gasteiger partial charge in [-0.15, -0.1) is 0 Å². The number of fused-ring (bicyclic) bond motifs is 1. The maximum Gasteiger partial charge on any atom is 0.144 e. The lowest BCUT2D eigenvalue weighted by atomic mass is 10.1. The van der Waals surface area contributed by atoms with E-state index in [1.807, 2.05) is 12.1 Å². The maximum atomic E-state index is 6.08. The lowest BCUT2D eigenvalue weighted by molar-refractivity contribution is 0.306. The fourth-order valence-electron chi connectivity index (χ4n) is 1.77. The van der Waals surface area contributed by atoms with Crippen molar-refractivity contribution in [2.75, 3.05) is 13.2 Å². The highest BCUT2D eigenvalue weighted by Crippen LogP contribution is 2.41. The summed E-state index contributed by atoms with van der Waals surface area (Å²) in [5.74, 6) is 1.35. The van der Waals surface area contributed by atoms with Crippen LogP contribution in [0.4, 0.5) is 0 Å². The molecule has 0 aromatic heterocycles. The number of rotatable bonds is 3. The summed E-state index contributed by atoms with van der Waals surface area (Å²) in [6.45, 7) is 5.95. The quantitative estimate of drug-likeness (QED) is 0.895. The van der Waals surface area contributed by atoms with Gasteiger partial charge in [-0.3, -0.25) is 0 Å². The first kappa shape index (κ1) is 12.0. The summed E-state index contributed by atoms with van der Waals surface area (Å²) >= 11 is 12.0. The van der Waals surface area contributed by atoms with Gasteiger partial charge in [0.25, 0.3) is 0 Å². The molecule has 0 saturated heterocycles. The van der Waals surface area contributed by atoms with Crippen molar-refractivity contribution in [2.45, 2.75) is 19.9 Å². The number of ether oxygens (including phenoxy) is 1. The van der Waals surface area contributed by atoms with E-state index in [0.717, 1.165) is 17.9 Å². The summed E-state index contributed by atoms with van der Waals surface area (Å²) in [5.41, 5.74) is 1.11. The van der Waals surface area contributed by atoms with Gasteiger partial charge in [0.1, 0.15) is 17.4 Å². The molecule has 1 aromatic rings. The molecule has 0 fully saturated rings. The molecular formula is C12H15Cl2NO. The van der Waals surface area contributed by atoms with Crippen LogP contribution in [0.5, 0.6) is 5.75 Å². The van der Waals surface area contributed by atoms with Gasteiger partial charge in [0.05, 0.1) is 11.1 Å². The highest BCUT2D eigenvalue weighted by atomic mass is 35.5. The van der Waals surface area contributed by atoms with Gasteiger partial charge >= 0.3 is 0 Å². The van der Waals surface area contributed by atoms with Crippen molar-refractivity contribution < 1.29 is 4.74 Å². The van der Waals surface area contributed by atoms with Crippen LogP contribution in [0.3, 0.4) is 0 Å². The van der Waals surface area contributed by atoms with E-state index in [0.29, 0.717) is 22.6 Å². The molecule has 1 N–H and O–H groups in total. The highest BCUT2D eigenvalue weighted by molar-refractivity contribution is 6.43. The largest absolute Gasteiger partial charge is 0.490 e. The normalized spacial score (nSPS) is 18.7. The average Bonchev–Trinajstić information content (AvgIpc) is 2.64. The van der Waals surface area contributed by atoms with Gasteiger partial charge in [-0.25, -0.2) is 0 Å². The topological polar surface area (TPSA) is 21.3 Å². The average molecular weight is 260 g/mol. The molecule has 2 nitrogen and oxygen atoms in total. The first-order valence-electron chi connectivity index (χ1n) is 5.43. The van der Waals surface area contributed by atoms with Gasteiger partial charge in [-0.1, -0.05) is 43.1 Å². The van der Waals surface area contributed by atoms with Gasteiger partial charge in [-0.2, -0.15) is 0 Å². The molecule has 0 saturated carbocycles. The summed E-state index contributed by atoms with van der Waals surface area (Å²) in [5, 5.41) is 4.52. The van der Waals surface area contributed by atoms with Crippen molar-refractivity contribution in [3.8, 4) is 5.75 Å². The van der Waals surface area contributed by atoms with Crippen molar-refractivity contribution in [3.63, 3.8) is 0 Å². The van der Waals surface area contributed by atoms with E-state index < -0.39 is 0 Å². The van der Waals surface area contributed by atoms with Gasteiger partial charge in [0, 0.05) is 5.56 Å². The van der Waals surface area contributed by atoms with Crippen LogP contribution in [0.1, 0.15) is 25.5 Å². The van der Waals surface area contributed by atoms with Crippen LogP contribution < -0.4 is 10.1 Å². The van der Waals surface area contributed by atoms with E-state index in [4.69, 9.17) is 27.9 Å². The Kier molecular flexibility index (Phi) is 3.63. The van der Waals surface area contributed by atoms with Crippen LogP contribution in [0.25, 0.3) is 0 Å². The monoisotopic (exact) mass is 259 g/mol. The second kappa shape index (κ2) is 4.82. The zero-order chi connectivity index (χ0) is 11.7. The molecule has 88 valence electrons. The Morgan fingerprint density at radius 2 is 2.19 bits per heavy atom. The molecule has 1 atom stereocenters. The third kappa shape index (κ3) is 2.29. The molecule has 0 aliphatic carbocycles. The molecule has 1 aliphatic rings. The molecule has 0 spiro atoms. The Bertz CT molecular complexity index is 393. The summed E-state index contributed by atoms with van der Waals surface area (Å²) in [6, 6.07) is 4.03. The minimum atomic E-state index is 0.229. The lowest BCUT2D eigenvalue weighted by Crippen LogP contribution is -2.26. The van der Waals surface area contributed by atoms with Crippen LogP contribution >= 0.6 is 23.2 Å². The Balaban J connectivity index is 2.17. The van der Waals surface area contributed by atoms with Crippen LogP contribution in [0.15, 0.2) is 12.1 Å². The van der Waals surface area contributed by atoms with Crippen LogP contribution in [0.2, 0.25) is 10.0 Å². The van der Waals surface area contributed by atoms with Crippen molar-refractivity contribution in [3.05, 3.63) is 27.7 Å². The number of hydrogen-bond acceptors (Lipinski definition) is 2. The van der Waals surface area contributed by atoms with E-state index in [2.05, 4.69) is 19.2 Å². The fourth-order valence-corrected chi connectivity index (χ4v) is 2.15. The fraction of sp³-hybridized carbons (Fsp3) is 0.500. The molecular weight excluding hydrogens is 245 g/mol. The van der Waals surface area contributed by atoms with Crippen LogP contribution in [-0.2, 0) is 0 Å². The molecule has 4 heteroatoms. The zero-order valence-corrected chi connectivity index (χ0v) is 10.9. The number of halogens is 2. The summed E-state index contributed by atoms with van der Waals surface area (Å²) in [6.07, 6.45) is 0. The van der Waals surface area contributed by atoms with Gasteiger partial charge in [0.2, 0.25) is 0 Å². The highest BCUT2D eigenvalue weighted by Gasteiger charge is 2.26. The van der Waals surface area contributed by atoms with E-state index in [9.17, 15) is 0 Å². The molecule has 2 rings (SSSR count). The Hall–Kier alpha value is -0.440. The van der Waals surface area contributed by atoms with Gasteiger partial charge in [0.15, 0.2) is 0 Å². The summed E-state index contributed by atoms with van der Waals surface area (Å²) in [7, 11) is 0. The van der Waals surface area contributed by atoms with Crippen LogP contribution in [0, 0.1) is 5.92 Å². The second-order valence-corrected chi connectivity index (χ2v) is 5.23. The SMILES string of the molecule is CC(C)CNC1COc2c1ccc(Cl)c2Cl. The first-order valence-corrected chi connectivity index (χ1v) is 6.19. The zero-order valence-electron chi connectivity index (χ0n) is 9.39. The maximum absolute atomic E-state index is 6.08. The summed E-state index contributed by atoms with van der Waals surface area (Å²) < 4.78 is 5.58. The van der Waals surface area contributed by atoms with Gasteiger partial charge < -0.3 is 10.1 Å². The summed E-state index contributed by atoms with van der Waals surface area (Å²) in [4.78, 5) is 0. The van der Waals surface area contributed by atoms with E-state index >= 15 is 0 Å². The predicted molar refractivity (Wildman–Crippen MR) is 67.5 cm³/mol. The molecule has 16 heavy (non-hydrogen) atoms. The molecule has 1 unspecified atom stereocenters. The Labute approximate surface area is 106 Å². The molecule has 1 aromatic carbocycles. The second-order valence-electron chi connectivity index (χ2n) is 4.45. The predicted octanol–water partition coefficient (Wildman–Crippen LogP) is 3.67. The minimum Gasteiger partial charge on any atom is -0.490 e. The van der Waals surface area contributed by atoms with Crippen molar-refractivity contribution in [1.29, 1.82) is 0 Å². The number of hydrogen-bond donors (Lipinski definition) is 1. The number of benzene rings is 1. The Morgan fingerprint density at radius 1 is 1.44 bits per heavy atom. The lowest BCUT2D eigenvalue weighted by Gasteiger charge is -2.13. The van der Waals surface area contributed by atoms with Crippen LogP contribution in [-0.4, -0.2) is 13.2 Å². The van der Waals surface area contributed by atoms with Crippen molar-refractivity contribution in [2.24, 2.45) is 5.92 Å². The smallest absolute Gasteiger partial charge is 0.144 e. The number of nitrogens with one attached hydrogen (secondary N) is 1. The molecule has 1 heterocycles. The van der Waals surface area contributed by atoms with E-state index in [1.54, 1.807) is 0 Å². The minimum absolute atomic E-state index is 0.229. The first-order chi connectivity index (χ1) is 7.59. The molecule has 0 amide bonds. The van der Waals surface area contributed by atoms with E-state index in [-0.39, 0.29) is 6.04 Å². The van der Waals surface area contributed by atoms with Gasteiger partial charge in [-0.05, 0) is 18.5 Å². The standard InChI is InChI=1S/C12H15Cl2NO/c1-7(2)5-15-10-6-16-12-8(10)3-4-9(13)11(12)14/h3-4,7,10,15H,5-6H2,1-2H3. The molecule has 0 bridgehead atoms.